The highest BCUT2D eigenvalue weighted by Crippen LogP contribution is 2.32. The van der Waals surface area contributed by atoms with Crippen LogP contribution in [-0.2, 0) is 9.53 Å². The molecule has 1 unspecified atom stereocenters. The van der Waals surface area contributed by atoms with Crippen molar-refractivity contribution in [2.75, 3.05) is 23.5 Å². The maximum absolute atomic E-state index is 14.7. The number of carbonyl (C=O) groups is 3. The van der Waals surface area contributed by atoms with Gasteiger partial charge in [-0.15, -0.1) is 0 Å². The first-order valence-corrected chi connectivity index (χ1v) is 10.6. The van der Waals surface area contributed by atoms with Crippen LogP contribution in [0.5, 0.6) is 5.75 Å². The first kappa shape index (κ1) is 25.2. The number of nitrogens with zero attached hydrogens (tertiary/aromatic N) is 1. The molecule has 2 amide bonds. The average Bonchev–Trinajstić information content (AvgIpc) is 3.07. The van der Waals surface area contributed by atoms with Crippen LogP contribution in [-0.4, -0.2) is 42.2 Å². The molecule has 0 saturated carbocycles. The topological polar surface area (TPSA) is 84.9 Å². The van der Waals surface area contributed by atoms with E-state index in [0.717, 1.165) is 17.0 Å². The quantitative estimate of drug-likeness (QED) is 0.210. The number of carbonyl (C=O) groups excluding carboxylic acids is 3. The molecule has 182 valence electrons. The van der Waals surface area contributed by atoms with Crippen molar-refractivity contribution in [2.24, 2.45) is 0 Å². The molecule has 1 atom stereocenters. The van der Waals surface area contributed by atoms with Crippen molar-refractivity contribution in [1.82, 2.24) is 5.32 Å². The zero-order valence-electron chi connectivity index (χ0n) is 17.3. The summed E-state index contributed by atoms with van der Waals surface area (Å²) in [5, 5.41) is 2.57. The molecule has 1 aliphatic rings. The van der Waals surface area contributed by atoms with Gasteiger partial charge in [0.15, 0.2) is 5.66 Å². The van der Waals surface area contributed by atoms with Gasteiger partial charge < -0.3 is 14.8 Å². The zero-order valence-corrected chi connectivity index (χ0v) is 18.1. The summed E-state index contributed by atoms with van der Waals surface area (Å²) in [6.07, 6.45) is 0.735. The fourth-order valence-corrected chi connectivity index (χ4v) is 3.45. The van der Waals surface area contributed by atoms with Crippen LogP contribution in [0.2, 0.25) is 0 Å². The van der Waals surface area contributed by atoms with E-state index in [1.807, 2.05) is 0 Å². The molecule has 3 rings (SSSR count). The lowest BCUT2D eigenvalue weighted by Gasteiger charge is -2.32. The molecule has 0 spiro atoms. The molecule has 0 radical (unpaired) electrons. The molecule has 14 heteroatoms. The Hall–Kier alpha value is -3.42. The minimum absolute atomic E-state index is 0.0639. The van der Waals surface area contributed by atoms with Crippen LogP contribution >= 0.6 is 11.8 Å². The van der Waals surface area contributed by atoms with Gasteiger partial charge in [0.2, 0.25) is 40.7 Å². The maximum atomic E-state index is 14.7. The lowest BCUT2D eigenvalue weighted by molar-refractivity contribution is -0.120. The van der Waals surface area contributed by atoms with Gasteiger partial charge in [-0.2, -0.15) is 20.5 Å². The van der Waals surface area contributed by atoms with Gasteiger partial charge in [-0.1, -0.05) is 0 Å². The van der Waals surface area contributed by atoms with Crippen LogP contribution < -0.4 is 15.0 Å². The second kappa shape index (κ2) is 9.44. The fourth-order valence-electron chi connectivity index (χ4n) is 3.11. The molecule has 2 aromatic carbocycles. The van der Waals surface area contributed by atoms with Gasteiger partial charge in [0.05, 0.1) is 17.0 Å². The molecule has 1 saturated heterocycles. The largest absolute Gasteiger partial charge is 0.445 e. The van der Waals surface area contributed by atoms with Gasteiger partial charge in [0.25, 0.3) is 0 Å². The highest BCUT2D eigenvalue weighted by atomic mass is 32.2. The third kappa shape index (κ3) is 4.49. The van der Waals surface area contributed by atoms with Gasteiger partial charge in [0, 0.05) is 0 Å². The van der Waals surface area contributed by atoms with Crippen molar-refractivity contribution in [1.29, 1.82) is 0 Å². The Morgan fingerprint density at radius 1 is 1.09 bits per heavy atom. The van der Waals surface area contributed by atoms with Gasteiger partial charge in [-0.25, -0.2) is 27.2 Å². The first-order valence-electron chi connectivity index (χ1n) is 9.21. The van der Waals surface area contributed by atoms with Crippen molar-refractivity contribution in [3.05, 3.63) is 58.7 Å². The molecule has 0 aromatic heterocycles. The zero-order chi connectivity index (χ0) is 25.4. The number of esters is 1. The maximum Gasteiger partial charge on any atom is 0.416 e. The van der Waals surface area contributed by atoms with Crippen molar-refractivity contribution in [3.8, 4) is 5.75 Å². The molecule has 1 heterocycles. The predicted octanol–water partition coefficient (Wildman–Crippen LogP) is 3.89. The third-order valence-corrected chi connectivity index (χ3v) is 5.18. The highest BCUT2D eigenvalue weighted by molar-refractivity contribution is 7.99. The van der Waals surface area contributed by atoms with Crippen LogP contribution in [0.1, 0.15) is 17.3 Å². The number of amides is 2. The first-order chi connectivity index (χ1) is 15.9. The van der Waals surface area contributed by atoms with Gasteiger partial charge in [0.1, 0.15) is 12.4 Å². The van der Waals surface area contributed by atoms with Crippen molar-refractivity contribution < 1.29 is 50.2 Å². The van der Waals surface area contributed by atoms with E-state index >= 15 is 0 Å². The molecule has 1 fully saturated rings. The number of benzene rings is 2. The van der Waals surface area contributed by atoms with E-state index in [1.54, 1.807) is 6.26 Å². The number of halogens is 6. The van der Waals surface area contributed by atoms with Crippen molar-refractivity contribution in [3.63, 3.8) is 0 Å². The SMILES string of the molecule is CSCC(=O)NC1(C)COC(=O)N1c1ccc(C(=O)Oc2c(F)c(F)c(F)c(F)c2F)c(F)c1. The third-order valence-electron chi connectivity index (χ3n) is 4.63. The summed E-state index contributed by atoms with van der Waals surface area (Å²) in [4.78, 5) is 37.3. The number of cyclic esters (lactones) is 1. The minimum atomic E-state index is -2.46. The van der Waals surface area contributed by atoms with E-state index in [0.29, 0.717) is 6.07 Å². The van der Waals surface area contributed by atoms with E-state index in [4.69, 9.17) is 4.74 Å². The summed E-state index contributed by atoms with van der Waals surface area (Å²) < 4.78 is 91.1. The molecule has 0 bridgehead atoms. The van der Waals surface area contributed by atoms with Gasteiger partial charge in [-0.05, 0) is 31.4 Å². The number of hydrogen-bond acceptors (Lipinski definition) is 6. The number of ether oxygens (including phenoxy) is 2. The Labute approximate surface area is 192 Å². The van der Waals surface area contributed by atoms with Crippen LogP contribution in [0.4, 0.5) is 36.8 Å². The summed E-state index contributed by atoms with van der Waals surface area (Å²) in [7, 11) is 0. The van der Waals surface area contributed by atoms with E-state index in [9.17, 15) is 40.7 Å². The molecular weight excluding hydrogens is 494 g/mol. The lowest BCUT2D eigenvalue weighted by atomic mass is 10.1. The highest BCUT2D eigenvalue weighted by Gasteiger charge is 2.46. The summed E-state index contributed by atoms with van der Waals surface area (Å²) in [5.74, 6) is -17.4. The number of rotatable bonds is 6. The van der Waals surface area contributed by atoms with Crippen LogP contribution in [0, 0.1) is 34.9 Å². The fraction of sp³-hybridized carbons (Fsp3) is 0.250. The molecular formula is C20H14F6N2O5S. The standard InChI is InChI=1S/C20H14F6N2O5S/c1-20(27-11(29)6-34-2)7-32-19(31)28(20)8-3-4-9(10(21)5-8)18(30)33-17-15(25)13(23)12(22)14(24)16(17)26/h3-5H,6-7H2,1-2H3,(H,27,29). The second-order valence-electron chi connectivity index (χ2n) is 7.10. The van der Waals surface area contributed by atoms with E-state index in [-0.39, 0.29) is 18.0 Å². The summed E-state index contributed by atoms with van der Waals surface area (Å²) in [5.41, 5.74) is -2.51. The van der Waals surface area contributed by atoms with Crippen molar-refractivity contribution >= 4 is 35.4 Å². The number of hydrogen-bond donors (Lipinski definition) is 1. The predicted molar refractivity (Wildman–Crippen MR) is 106 cm³/mol. The summed E-state index contributed by atoms with van der Waals surface area (Å²) in [6, 6.07) is 2.46. The summed E-state index contributed by atoms with van der Waals surface area (Å²) in [6.45, 7) is 1.15. The van der Waals surface area contributed by atoms with Gasteiger partial charge >= 0.3 is 12.1 Å². The Morgan fingerprint density at radius 2 is 1.68 bits per heavy atom. The summed E-state index contributed by atoms with van der Waals surface area (Å²) >= 11 is 1.21. The van der Waals surface area contributed by atoms with E-state index in [2.05, 4.69) is 10.1 Å². The van der Waals surface area contributed by atoms with Crippen LogP contribution in [0.3, 0.4) is 0 Å². The Morgan fingerprint density at radius 3 is 2.24 bits per heavy atom. The lowest BCUT2D eigenvalue weighted by Crippen LogP contribution is -2.58. The molecule has 2 aromatic rings. The number of anilines is 1. The van der Waals surface area contributed by atoms with Crippen LogP contribution in [0.15, 0.2) is 18.2 Å². The Kier molecular flexibility index (Phi) is 7.00. The van der Waals surface area contributed by atoms with Crippen molar-refractivity contribution in [2.45, 2.75) is 12.6 Å². The average molecular weight is 508 g/mol. The molecule has 0 aliphatic carbocycles. The minimum Gasteiger partial charge on any atom is -0.445 e. The smallest absolute Gasteiger partial charge is 0.416 e. The van der Waals surface area contributed by atoms with E-state index in [1.165, 1.54) is 18.7 Å². The molecule has 1 N–H and O–H groups in total. The monoisotopic (exact) mass is 508 g/mol. The number of thioether (sulfide) groups is 1. The molecule has 34 heavy (non-hydrogen) atoms. The number of nitrogens with one attached hydrogen (secondary N) is 1. The van der Waals surface area contributed by atoms with Crippen LogP contribution in [0.25, 0.3) is 0 Å². The second-order valence-corrected chi connectivity index (χ2v) is 7.96. The molecule has 7 nitrogen and oxygen atoms in total. The normalized spacial score (nSPS) is 17.5. The Balaban J connectivity index is 1.90. The van der Waals surface area contributed by atoms with Gasteiger partial charge in [-0.3, -0.25) is 9.69 Å². The Bertz CT molecular complexity index is 1170. The molecule has 1 aliphatic heterocycles. The van der Waals surface area contributed by atoms with E-state index < -0.39 is 69.8 Å².